The first-order valence-electron chi connectivity index (χ1n) is 7.02. The highest BCUT2D eigenvalue weighted by molar-refractivity contribution is 9.10. The molecule has 0 spiro atoms. The Kier molecular flexibility index (Phi) is 3.92. The van der Waals surface area contributed by atoms with Gasteiger partial charge in [-0.25, -0.2) is 4.39 Å². The molecular weight excluding hydrogens is 307 g/mol. The van der Waals surface area contributed by atoms with E-state index < -0.39 is 0 Å². The normalized spacial score (nSPS) is 30.8. The second kappa shape index (κ2) is 5.51. The van der Waals surface area contributed by atoms with E-state index in [0.29, 0.717) is 6.04 Å². The first-order chi connectivity index (χ1) is 9.13. The Hall–Kier alpha value is -0.450. The number of benzene rings is 1. The molecule has 1 aromatic rings. The van der Waals surface area contributed by atoms with Crippen molar-refractivity contribution in [1.82, 2.24) is 10.2 Å². The van der Waals surface area contributed by atoms with Crippen molar-refractivity contribution in [3.63, 3.8) is 0 Å². The highest BCUT2D eigenvalue weighted by atomic mass is 79.9. The average Bonchev–Trinajstić information content (AvgIpc) is 2.63. The van der Waals surface area contributed by atoms with E-state index in [2.05, 4.69) is 33.2 Å². The monoisotopic (exact) mass is 326 g/mol. The van der Waals surface area contributed by atoms with Crippen LogP contribution in [0.25, 0.3) is 0 Å². The van der Waals surface area contributed by atoms with E-state index in [-0.39, 0.29) is 5.82 Å². The van der Waals surface area contributed by atoms with Crippen LogP contribution in [0.5, 0.6) is 0 Å². The fourth-order valence-electron chi connectivity index (χ4n) is 3.51. The van der Waals surface area contributed by atoms with Crippen molar-refractivity contribution in [2.75, 3.05) is 7.05 Å². The first-order valence-corrected chi connectivity index (χ1v) is 7.82. The molecule has 0 amide bonds. The zero-order chi connectivity index (χ0) is 13.4. The largest absolute Gasteiger partial charge is 0.310 e. The molecule has 19 heavy (non-hydrogen) atoms. The van der Waals surface area contributed by atoms with Gasteiger partial charge in [-0.2, -0.15) is 0 Å². The number of fused-ring (bicyclic) bond motifs is 2. The molecule has 1 N–H and O–H groups in total. The van der Waals surface area contributed by atoms with E-state index in [1.807, 2.05) is 0 Å². The van der Waals surface area contributed by atoms with Gasteiger partial charge in [-0.3, -0.25) is 0 Å². The van der Waals surface area contributed by atoms with Gasteiger partial charge in [-0.05, 0) is 56.5 Å². The van der Waals surface area contributed by atoms with Crippen molar-refractivity contribution in [1.29, 1.82) is 0 Å². The van der Waals surface area contributed by atoms with Crippen LogP contribution < -0.4 is 5.32 Å². The third-order valence-electron chi connectivity index (χ3n) is 4.69. The van der Waals surface area contributed by atoms with Gasteiger partial charge in [0.2, 0.25) is 0 Å². The van der Waals surface area contributed by atoms with Crippen LogP contribution >= 0.6 is 15.9 Å². The van der Waals surface area contributed by atoms with Crippen LogP contribution in [0.1, 0.15) is 31.2 Å². The van der Waals surface area contributed by atoms with Gasteiger partial charge in [0.15, 0.2) is 0 Å². The molecule has 2 fully saturated rings. The van der Waals surface area contributed by atoms with Crippen LogP contribution in [-0.4, -0.2) is 30.1 Å². The SMILES string of the molecule is CN1C2CCC1CC(NCc1cc(F)ccc1Br)C2. The average molecular weight is 327 g/mol. The summed E-state index contributed by atoms with van der Waals surface area (Å²) in [7, 11) is 2.25. The van der Waals surface area contributed by atoms with Crippen molar-refractivity contribution in [2.24, 2.45) is 0 Å². The molecule has 104 valence electrons. The third kappa shape index (κ3) is 2.86. The number of nitrogens with one attached hydrogen (secondary N) is 1. The van der Waals surface area contributed by atoms with Crippen LogP contribution in [0.15, 0.2) is 22.7 Å². The van der Waals surface area contributed by atoms with Gasteiger partial charge < -0.3 is 10.2 Å². The molecule has 2 atom stereocenters. The van der Waals surface area contributed by atoms with Crippen LogP contribution in [0, 0.1) is 5.82 Å². The van der Waals surface area contributed by atoms with Gasteiger partial charge in [0.05, 0.1) is 0 Å². The summed E-state index contributed by atoms with van der Waals surface area (Å²) in [6.07, 6.45) is 5.12. The fraction of sp³-hybridized carbons (Fsp3) is 0.600. The summed E-state index contributed by atoms with van der Waals surface area (Å²) in [4.78, 5) is 2.54. The molecule has 3 rings (SSSR count). The van der Waals surface area contributed by atoms with Gasteiger partial charge in [0.1, 0.15) is 5.82 Å². The molecule has 1 aromatic carbocycles. The van der Waals surface area contributed by atoms with Gasteiger partial charge >= 0.3 is 0 Å². The van der Waals surface area contributed by atoms with Crippen molar-refractivity contribution < 1.29 is 4.39 Å². The molecule has 2 heterocycles. The molecule has 0 saturated carbocycles. The Morgan fingerprint density at radius 2 is 2.00 bits per heavy atom. The van der Waals surface area contributed by atoms with E-state index in [1.165, 1.54) is 31.7 Å². The number of piperidine rings is 1. The predicted octanol–water partition coefficient (Wildman–Crippen LogP) is 3.30. The van der Waals surface area contributed by atoms with E-state index in [4.69, 9.17) is 0 Å². The first kappa shape index (κ1) is 13.5. The summed E-state index contributed by atoms with van der Waals surface area (Å²) in [5.74, 6) is -0.163. The third-order valence-corrected chi connectivity index (χ3v) is 5.46. The number of hydrogen-bond donors (Lipinski definition) is 1. The Morgan fingerprint density at radius 1 is 1.32 bits per heavy atom. The zero-order valence-electron chi connectivity index (χ0n) is 11.2. The quantitative estimate of drug-likeness (QED) is 0.916. The van der Waals surface area contributed by atoms with Crippen LogP contribution in [0.3, 0.4) is 0 Å². The van der Waals surface area contributed by atoms with E-state index in [0.717, 1.165) is 28.7 Å². The second-order valence-electron chi connectivity index (χ2n) is 5.84. The molecule has 0 aliphatic carbocycles. The maximum atomic E-state index is 13.2. The summed E-state index contributed by atoms with van der Waals surface area (Å²) in [6, 6.07) is 6.94. The molecule has 2 unspecified atom stereocenters. The number of halogens is 2. The minimum atomic E-state index is -0.163. The van der Waals surface area contributed by atoms with Gasteiger partial charge in [0, 0.05) is 29.1 Å². The van der Waals surface area contributed by atoms with Crippen LogP contribution in [-0.2, 0) is 6.54 Å². The van der Waals surface area contributed by atoms with Crippen molar-refractivity contribution in [3.8, 4) is 0 Å². The summed E-state index contributed by atoms with van der Waals surface area (Å²) >= 11 is 3.49. The zero-order valence-corrected chi connectivity index (χ0v) is 12.8. The molecular formula is C15H20BrFN2. The lowest BCUT2D eigenvalue weighted by Crippen LogP contribution is -2.47. The Labute approximate surface area is 122 Å². The molecule has 2 bridgehead atoms. The highest BCUT2D eigenvalue weighted by Gasteiger charge is 2.38. The highest BCUT2D eigenvalue weighted by Crippen LogP contribution is 2.34. The second-order valence-corrected chi connectivity index (χ2v) is 6.69. The molecule has 2 aliphatic rings. The van der Waals surface area contributed by atoms with Crippen LogP contribution in [0.2, 0.25) is 0 Å². The van der Waals surface area contributed by atoms with E-state index >= 15 is 0 Å². The summed E-state index contributed by atoms with van der Waals surface area (Å²) in [5.41, 5.74) is 1.01. The minimum absolute atomic E-state index is 0.163. The molecule has 0 radical (unpaired) electrons. The minimum Gasteiger partial charge on any atom is -0.310 e. The molecule has 2 saturated heterocycles. The summed E-state index contributed by atoms with van der Waals surface area (Å²) in [6.45, 7) is 0.742. The number of nitrogens with zero attached hydrogens (tertiary/aromatic N) is 1. The van der Waals surface area contributed by atoms with Crippen molar-refractivity contribution >= 4 is 15.9 Å². The fourth-order valence-corrected chi connectivity index (χ4v) is 3.90. The topological polar surface area (TPSA) is 15.3 Å². The standard InChI is InChI=1S/C15H20BrFN2/c1-19-13-3-4-14(19)8-12(7-13)18-9-10-6-11(17)2-5-15(10)16/h2,5-6,12-14,18H,3-4,7-9H2,1H3. The maximum Gasteiger partial charge on any atom is 0.123 e. The maximum absolute atomic E-state index is 13.2. The van der Waals surface area contributed by atoms with Gasteiger partial charge in [-0.15, -0.1) is 0 Å². The number of rotatable bonds is 3. The van der Waals surface area contributed by atoms with E-state index in [1.54, 1.807) is 12.1 Å². The predicted molar refractivity (Wildman–Crippen MR) is 78.5 cm³/mol. The summed E-state index contributed by atoms with van der Waals surface area (Å²) < 4.78 is 14.2. The number of hydrogen-bond acceptors (Lipinski definition) is 2. The lowest BCUT2D eigenvalue weighted by Gasteiger charge is -2.36. The summed E-state index contributed by atoms with van der Waals surface area (Å²) in [5, 5.41) is 3.60. The van der Waals surface area contributed by atoms with Gasteiger partial charge in [0.25, 0.3) is 0 Å². The lowest BCUT2D eigenvalue weighted by atomic mass is 9.98. The van der Waals surface area contributed by atoms with Crippen LogP contribution in [0.4, 0.5) is 4.39 Å². The molecule has 2 nitrogen and oxygen atoms in total. The molecule has 2 aliphatic heterocycles. The molecule has 4 heteroatoms. The molecule has 0 aromatic heterocycles. The lowest BCUT2D eigenvalue weighted by molar-refractivity contribution is 0.148. The van der Waals surface area contributed by atoms with Gasteiger partial charge in [-0.1, -0.05) is 15.9 Å². The smallest absolute Gasteiger partial charge is 0.123 e. The van der Waals surface area contributed by atoms with Crippen molar-refractivity contribution in [2.45, 2.75) is 50.4 Å². The van der Waals surface area contributed by atoms with Crippen molar-refractivity contribution in [3.05, 3.63) is 34.1 Å². The Balaban J connectivity index is 1.60. The Bertz CT molecular complexity index is 451. The Morgan fingerprint density at radius 3 is 2.68 bits per heavy atom. The van der Waals surface area contributed by atoms with E-state index in [9.17, 15) is 4.39 Å².